The molecule has 43 heavy (non-hydrogen) atoms. The molecule has 1 aromatic heterocycles. The van der Waals surface area contributed by atoms with E-state index < -0.39 is 6.09 Å². The summed E-state index contributed by atoms with van der Waals surface area (Å²) in [4.78, 5) is 12.6. The van der Waals surface area contributed by atoms with E-state index in [1.807, 2.05) is 26.1 Å². The Morgan fingerprint density at radius 1 is 0.837 bits per heavy atom. The summed E-state index contributed by atoms with van der Waals surface area (Å²) in [5, 5.41) is 15.0. The molecule has 3 atom stereocenters. The number of nitrogens with zero attached hydrogens (tertiary/aromatic N) is 2. The van der Waals surface area contributed by atoms with Crippen molar-refractivity contribution in [3.63, 3.8) is 0 Å². The number of benzene rings is 2. The molecular formula is C33H42N4O6. The number of fused-ring (bicyclic) bond motifs is 8. The number of hydrogen-bond acceptors (Lipinski definition) is 9. The van der Waals surface area contributed by atoms with Gasteiger partial charge in [0, 0.05) is 30.1 Å². The SMILES string of the molecule is CCc1nnc(C)c2c1-c1ccc(OC)cc1[C@@H]1C(COC(=O)NCCOCCOCCNC)[C@@H]1c1cc(OC)ccc1-2. The molecule has 1 amide bonds. The second-order valence-electron chi connectivity index (χ2n) is 10.8. The summed E-state index contributed by atoms with van der Waals surface area (Å²) < 4.78 is 28.1. The van der Waals surface area contributed by atoms with Crippen LogP contribution in [-0.4, -0.2) is 83.7 Å². The van der Waals surface area contributed by atoms with E-state index in [4.69, 9.17) is 23.7 Å². The van der Waals surface area contributed by atoms with Gasteiger partial charge in [0.05, 0.1) is 58.6 Å². The summed E-state index contributed by atoms with van der Waals surface area (Å²) in [6.07, 6.45) is 0.297. The summed E-state index contributed by atoms with van der Waals surface area (Å²) in [6, 6.07) is 12.5. The van der Waals surface area contributed by atoms with Gasteiger partial charge >= 0.3 is 6.09 Å². The smallest absolute Gasteiger partial charge is 0.407 e. The number of methoxy groups -OCH3 is 2. The van der Waals surface area contributed by atoms with Crippen LogP contribution in [0.2, 0.25) is 0 Å². The third kappa shape index (κ3) is 6.61. The van der Waals surface area contributed by atoms with Crippen LogP contribution in [0.1, 0.15) is 41.3 Å². The molecule has 2 aromatic carbocycles. The van der Waals surface area contributed by atoms with E-state index in [0.29, 0.717) is 33.0 Å². The molecule has 5 rings (SSSR count). The number of nitrogens with one attached hydrogen (secondary N) is 2. The van der Waals surface area contributed by atoms with Crippen molar-refractivity contribution in [2.75, 3.05) is 67.4 Å². The number of amides is 1. The van der Waals surface area contributed by atoms with Crippen LogP contribution in [0, 0.1) is 12.8 Å². The maximum Gasteiger partial charge on any atom is 0.407 e. The molecule has 0 saturated heterocycles. The average molecular weight is 591 g/mol. The molecular weight excluding hydrogens is 548 g/mol. The van der Waals surface area contributed by atoms with Crippen LogP contribution in [0.5, 0.6) is 11.5 Å². The second-order valence-corrected chi connectivity index (χ2v) is 10.8. The number of carbonyl (C=O) groups excluding carboxylic acids is 1. The van der Waals surface area contributed by atoms with Gasteiger partial charge in [0.1, 0.15) is 11.5 Å². The van der Waals surface area contributed by atoms with E-state index in [0.717, 1.165) is 63.7 Å². The predicted octanol–water partition coefficient (Wildman–Crippen LogP) is 4.49. The number of aryl methyl sites for hydroxylation is 2. The highest BCUT2D eigenvalue weighted by Crippen LogP contribution is 2.66. The van der Waals surface area contributed by atoms with E-state index in [1.54, 1.807) is 14.2 Å². The number of likely N-dealkylation sites (N-methyl/N-ethyl adjacent to an activating group) is 1. The van der Waals surface area contributed by atoms with E-state index in [-0.39, 0.29) is 24.4 Å². The number of aromatic nitrogens is 2. The molecule has 10 nitrogen and oxygen atoms in total. The Hall–Kier alpha value is -3.73. The Balaban J connectivity index is 1.37. The highest BCUT2D eigenvalue weighted by Gasteiger charge is 2.55. The van der Waals surface area contributed by atoms with Gasteiger partial charge in [-0.1, -0.05) is 19.1 Å². The molecule has 0 radical (unpaired) electrons. The molecule has 2 N–H and O–H groups in total. The Labute approximate surface area is 253 Å². The lowest BCUT2D eigenvalue weighted by Crippen LogP contribution is -2.29. The Morgan fingerprint density at radius 2 is 1.44 bits per heavy atom. The molecule has 1 heterocycles. The number of rotatable bonds is 14. The fraction of sp³-hybridized carbons (Fsp3) is 0.485. The number of alkyl carbamates (subject to hydrolysis) is 1. The Bertz CT molecular complexity index is 1430. The van der Waals surface area contributed by atoms with Crippen LogP contribution in [0.4, 0.5) is 4.79 Å². The zero-order chi connectivity index (χ0) is 30.3. The molecule has 0 spiro atoms. The summed E-state index contributed by atoms with van der Waals surface area (Å²) in [5.74, 6) is 1.91. The summed E-state index contributed by atoms with van der Waals surface area (Å²) >= 11 is 0. The molecule has 0 bridgehead atoms. The van der Waals surface area contributed by atoms with Crippen LogP contribution in [0.25, 0.3) is 22.3 Å². The van der Waals surface area contributed by atoms with Crippen LogP contribution in [0.15, 0.2) is 36.4 Å². The quantitative estimate of drug-likeness (QED) is 0.262. The third-order valence-electron chi connectivity index (χ3n) is 8.29. The monoisotopic (exact) mass is 590 g/mol. The minimum absolute atomic E-state index is 0.0779. The highest BCUT2D eigenvalue weighted by atomic mass is 16.6. The molecule has 0 aliphatic heterocycles. The lowest BCUT2D eigenvalue weighted by Gasteiger charge is -2.23. The van der Waals surface area contributed by atoms with Gasteiger partial charge in [0.25, 0.3) is 0 Å². The van der Waals surface area contributed by atoms with Gasteiger partial charge in [-0.25, -0.2) is 4.79 Å². The first-order valence-corrected chi connectivity index (χ1v) is 15.0. The normalized spacial score (nSPS) is 17.8. The van der Waals surface area contributed by atoms with Gasteiger partial charge in [-0.15, -0.1) is 0 Å². The van der Waals surface area contributed by atoms with E-state index in [9.17, 15) is 4.79 Å². The summed E-state index contributed by atoms with van der Waals surface area (Å²) in [5.41, 5.74) is 8.59. The van der Waals surface area contributed by atoms with Crippen molar-refractivity contribution in [2.24, 2.45) is 5.92 Å². The Kier molecular flexibility index (Phi) is 10.1. The van der Waals surface area contributed by atoms with Crippen LogP contribution < -0.4 is 20.1 Å². The van der Waals surface area contributed by atoms with Crippen molar-refractivity contribution in [3.8, 4) is 33.8 Å². The molecule has 2 aliphatic rings. The van der Waals surface area contributed by atoms with Gasteiger partial charge in [-0.05, 0) is 78.7 Å². The fourth-order valence-corrected chi connectivity index (χ4v) is 6.14. The van der Waals surface area contributed by atoms with Crippen molar-refractivity contribution in [3.05, 3.63) is 58.9 Å². The topological polar surface area (TPSA) is 113 Å². The molecule has 3 aromatic rings. The number of hydrogen-bond donors (Lipinski definition) is 2. The predicted molar refractivity (Wildman–Crippen MR) is 164 cm³/mol. The average Bonchev–Trinajstić information content (AvgIpc) is 3.75. The van der Waals surface area contributed by atoms with Crippen LogP contribution in [0.3, 0.4) is 0 Å². The largest absolute Gasteiger partial charge is 0.497 e. The summed E-state index contributed by atoms with van der Waals surface area (Å²) in [6.45, 7) is 7.59. The van der Waals surface area contributed by atoms with Gasteiger partial charge in [-0.3, -0.25) is 0 Å². The van der Waals surface area contributed by atoms with Crippen LogP contribution >= 0.6 is 0 Å². The molecule has 230 valence electrons. The van der Waals surface area contributed by atoms with E-state index in [2.05, 4.69) is 52.0 Å². The first kappa shape index (κ1) is 30.7. The fourth-order valence-electron chi connectivity index (χ4n) is 6.14. The molecule has 1 unspecified atom stereocenters. The highest BCUT2D eigenvalue weighted by molar-refractivity contribution is 5.91. The number of carbonyl (C=O) groups is 1. The van der Waals surface area contributed by atoms with Crippen molar-refractivity contribution >= 4 is 6.09 Å². The molecule has 10 heteroatoms. The van der Waals surface area contributed by atoms with Crippen molar-refractivity contribution < 1.29 is 28.5 Å². The van der Waals surface area contributed by atoms with Gasteiger partial charge in [0.15, 0.2) is 0 Å². The van der Waals surface area contributed by atoms with E-state index >= 15 is 0 Å². The third-order valence-corrected chi connectivity index (χ3v) is 8.29. The van der Waals surface area contributed by atoms with Crippen molar-refractivity contribution in [1.29, 1.82) is 0 Å². The second kappa shape index (κ2) is 14.2. The molecule has 1 saturated carbocycles. The zero-order valence-electron chi connectivity index (χ0n) is 25.7. The lowest BCUT2D eigenvalue weighted by atomic mass is 9.82. The van der Waals surface area contributed by atoms with E-state index in [1.165, 1.54) is 5.56 Å². The lowest BCUT2D eigenvalue weighted by molar-refractivity contribution is 0.0497. The van der Waals surface area contributed by atoms with Crippen molar-refractivity contribution in [1.82, 2.24) is 20.8 Å². The Morgan fingerprint density at radius 3 is 2.02 bits per heavy atom. The first-order chi connectivity index (χ1) is 21.0. The van der Waals surface area contributed by atoms with Crippen molar-refractivity contribution in [2.45, 2.75) is 32.1 Å². The zero-order valence-corrected chi connectivity index (χ0v) is 25.7. The van der Waals surface area contributed by atoms with Gasteiger partial charge < -0.3 is 34.3 Å². The minimum Gasteiger partial charge on any atom is -0.497 e. The molecule has 2 aliphatic carbocycles. The maximum atomic E-state index is 12.6. The number of ether oxygens (including phenoxy) is 5. The van der Waals surface area contributed by atoms with Gasteiger partial charge in [0.2, 0.25) is 0 Å². The maximum absolute atomic E-state index is 12.6. The summed E-state index contributed by atoms with van der Waals surface area (Å²) in [7, 11) is 5.25. The van der Waals surface area contributed by atoms with Crippen LogP contribution in [-0.2, 0) is 20.6 Å². The first-order valence-electron chi connectivity index (χ1n) is 15.0. The van der Waals surface area contributed by atoms with Gasteiger partial charge in [-0.2, -0.15) is 10.2 Å². The molecule has 1 fully saturated rings. The standard InChI is InChI=1S/C33H42N4O6/c1-6-28-32-24-10-8-22(40-5)18-26(24)31-27(19-43-33(38)35-12-14-42-16-15-41-13-11-34-3)30(31)25-17-21(39-4)7-9-23(25)29(32)20(2)36-37-28/h7-10,17-18,27,30-31,34H,6,11-16,19H2,1-5H3,(H,35,38)/t27?,30-,31+/m0/s1. The minimum atomic E-state index is -0.453.